The Morgan fingerprint density at radius 1 is 1.15 bits per heavy atom. The number of aromatic nitrogens is 2. The summed E-state index contributed by atoms with van der Waals surface area (Å²) in [4.78, 5) is 8.96. The monoisotopic (exact) mass is 271 g/mol. The number of ether oxygens (including phenoxy) is 1. The maximum Gasteiger partial charge on any atom is 0.132 e. The molecular formula is C16H21N3O. The molecule has 0 aliphatic carbocycles. The largest absolute Gasteiger partial charge is 0.491 e. The van der Waals surface area contributed by atoms with E-state index < -0.39 is 0 Å². The second kappa shape index (κ2) is 5.90. The van der Waals surface area contributed by atoms with Crippen molar-refractivity contribution in [2.75, 3.05) is 12.4 Å². The van der Waals surface area contributed by atoms with E-state index in [2.05, 4.69) is 15.3 Å². The molecule has 0 radical (unpaired) electrons. The van der Waals surface area contributed by atoms with E-state index in [9.17, 15) is 0 Å². The third-order valence-corrected chi connectivity index (χ3v) is 2.97. The van der Waals surface area contributed by atoms with Crippen LogP contribution < -0.4 is 10.1 Å². The lowest BCUT2D eigenvalue weighted by molar-refractivity contribution is 0.242. The molecule has 0 fully saturated rings. The molecule has 4 heteroatoms. The van der Waals surface area contributed by atoms with Gasteiger partial charge in [-0.3, -0.25) is 0 Å². The van der Waals surface area contributed by atoms with Crippen molar-refractivity contribution in [1.29, 1.82) is 0 Å². The third kappa shape index (κ3) is 3.07. The van der Waals surface area contributed by atoms with Crippen LogP contribution in [0.15, 0.2) is 24.3 Å². The van der Waals surface area contributed by atoms with Crippen molar-refractivity contribution in [2.45, 2.75) is 33.8 Å². The van der Waals surface area contributed by atoms with Crippen LogP contribution in [0.3, 0.4) is 0 Å². The third-order valence-electron chi connectivity index (χ3n) is 2.97. The highest BCUT2D eigenvalue weighted by molar-refractivity contribution is 5.69. The van der Waals surface area contributed by atoms with Crippen LogP contribution in [0.1, 0.15) is 25.2 Å². The highest BCUT2D eigenvalue weighted by Crippen LogP contribution is 2.28. The first-order valence-corrected chi connectivity index (χ1v) is 6.81. The quantitative estimate of drug-likeness (QED) is 0.923. The first kappa shape index (κ1) is 14.3. The summed E-state index contributed by atoms with van der Waals surface area (Å²) in [6, 6.07) is 8.02. The molecule has 0 bridgehead atoms. The summed E-state index contributed by atoms with van der Waals surface area (Å²) in [7, 11) is 1.87. The Labute approximate surface area is 120 Å². The Morgan fingerprint density at radius 3 is 2.55 bits per heavy atom. The molecule has 1 N–H and O–H groups in total. The van der Waals surface area contributed by atoms with E-state index in [1.807, 2.05) is 59.0 Å². The number of nitrogens with one attached hydrogen (secondary N) is 1. The second-order valence-corrected chi connectivity index (χ2v) is 5.04. The minimum Gasteiger partial charge on any atom is -0.491 e. The summed E-state index contributed by atoms with van der Waals surface area (Å²) < 4.78 is 5.74. The number of anilines is 1. The van der Waals surface area contributed by atoms with Crippen LogP contribution in [0.2, 0.25) is 0 Å². The summed E-state index contributed by atoms with van der Waals surface area (Å²) >= 11 is 0. The van der Waals surface area contributed by atoms with Crippen molar-refractivity contribution in [2.24, 2.45) is 0 Å². The average molecular weight is 271 g/mol. The van der Waals surface area contributed by atoms with Crippen molar-refractivity contribution < 1.29 is 4.74 Å². The van der Waals surface area contributed by atoms with Crippen molar-refractivity contribution in [3.8, 4) is 17.0 Å². The summed E-state index contributed by atoms with van der Waals surface area (Å²) in [6.07, 6.45) is 0.159. The minimum absolute atomic E-state index is 0.159. The van der Waals surface area contributed by atoms with Gasteiger partial charge >= 0.3 is 0 Å². The molecule has 0 unspecified atom stereocenters. The Hall–Kier alpha value is -2.10. The van der Waals surface area contributed by atoms with Gasteiger partial charge in [-0.25, -0.2) is 9.97 Å². The lowest BCUT2D eigenvalue weighted by Crippen LogP contribution is -2.06. The van der Waals surface area contributed by atoms with Crippen LogP contribution >= 0.6 is 0 Å². The van der Waals surface area contributed by atoms with Crippen LogP contribution in [0, 0.1) is 13.8 Å². The summed E-state index contributed by atoms with van der Waals surface area (Å²) in [5, 5.41) is 3.11. The highest BCUT2D eigenvalue weighted by Gasteiger charge is 2.11. The van der Waals surface area contributed by atoms with Crippen LogP contribution in [0.4, 0.5) is 5.82 Å². The predicted octanol–water partition coefficient (Wildman–Crippen LogP) is 3.59. The Balaban J connectivity index is 2.48. The van der Waals surface area contributed by atoms with E-state index >= 15 is 0 Å². The summed E-state index contributed by atoms with van der Waals surface area (Å²) in [5.41, 5.74) is 3.03. The summed E-state index contributed by atoms with van der Waals surface area (Å²) in [6.45, 7) is 7.96. The van der Waals surface area contributed by atoms with Crippen LogP contribution in [0.5, 0.6) is 5.75 Å². The van der Waals surface area contributed by atoms with Gasteiger partial charge in [0.15, 0.2) is 0 Å². The minimum atomic E-state index is 0.159. The molecule has 4 nitrogen and oxygen atoms in total. The van der Waals surface area contributed by atoms with E-state index in [0.29, 0.717) is 0 Å². The van der Waals surface area contributed by atoms with Gasteiger partial charge in [0.2, 0.25) is 0 Å². The Bertz CT molecular complexity index is 609. The van der Waals surface area contributed by atoms with Crippen LogP contribution in [-0.4, -0.2) is 23.1 Å². The van der Waals surface area contributed by atoms with Gasteiger partial charge in [0.25, 0.3) is 0 Å². The van der Waals surface area contributed by atoms with Crippen molar-refractivity contribution in [3.63, 3.8) is 0 Å². The molecule has 0 aliphatic rings. The molecule has 106 valence electrons. The van der Waals surface area contributed by atoms with Gasteiger partial charge in [-0.1, -0.05) is 12.1 Å². The first-order valence-electron chi connectivity index (χ1n) is 6.81. The number of hydrogen-bond acceptors (Lipinski definition) is 4. The van der Waals surface area contributed by atoms with Gasteiger partial charge in [0.05, 0.1) is 11.8 Å². The summed E-state index contributed by atoms with van der Waals surface area (Å²) in [5.74, 6) is 2.48. The van der Waals surface area contributed by atoms with E-state index in [1.54, 1.807) is 0 Å². The van der Waals surface area contributed by atoms with Crippen molar-refractivity contribution >= 4 is 5.82 Å². The zero-order valence-electron chi connectivity index (χ0n) is 12.7. The topological polar surface area (TPSA) is 47.0 Å². The average Bonchev–Trinajstić information content (AvgIpc) is 2.40. The van der Waals surface area contributed by atoms with Gasteiger partial charge in [0.1, 0.15) is 17.4 Å². The predicted molar refractivity (Wildman–Crippen MR) is 82.3 cm³/mol. The van der Waals surface area contributed by atoms with Crippen LogP contribution in [-0.2, 0) is 0 Å². The fourth-order valence-electron chi connectivity index (χ4n) is 2.14. The molecule has 2 rings (SSSR count). The smallest absolute Gasteiger partial charge is 0.132 e. The molecule has 0 saturated carbocycles. The zero-order chi connectivity index (χ0) is 14.7. The molecule has 0 atom stereocenters. The van der Waals surface area contributed by atoms with Gasteiger partial charge < -0.3 is 10.1 Å². The number of hydrogen-bond donors (Lipinski definition) is 1. The SMILES string of the molecule is CNc1nc(C)nc(-c2cccc(OC(C)C)c2)c1C. The number of rotatable bonds is 4. The van der Waals surface area contributed by atoms with Crippen molar-refractivity contribution in [1.82, 2.24) is 9.97 Å². The lowest BCUT2D eigenvalue weighted by atomic mass is 10.1. The molecule has 1 aromatic heterocycles. The molecule has 0 spiro atoms. The molecule has 0 aliphatic heterocycles. The molecule has 0 saturated heterocycles. The second-order valence-electron chi connectivity index (χ2n) is 5.04. The van der Waals surface area contributed by atoms with Gasteiger partial charge in [-0.05, 0) is 39.8 Å². The van der Waals surface area contributed by atoms with E-state index in [-0.39, 0.29) is 6.10 Å². The Morgan fingerprint density at radius 2 is 1.90 bits per heavy atom. The van der Waals surface area contributed by atoms with E-state index in [4.69, 9.17) is 4.74 Å². The highest BCUT2D eigenvalue weighted by atomic mass is 16.5. The van der Waals surface area contributed by atoms with Gasteiger partial charge in [0, 0.05) is 18.2 Å². The normalized spacial score (nSPS) is 10.7. The number of aryl methyl sites for hydroxylation is 1. The zero-order valence-corrected chi connectivity index (χ0v) is 12.7. The Kier molecular flexibility index (Phi) is 4.23. The van der Waals surface area contributed by atoms with Gasteiger partial charge in [-0.15, -0.1) is 0 Å². The molecule has 2 aromatic rings. The van der Waals surface area contributed by atoms with Crippen LogP contribution in [0.25, 0.3) is 11.3 Å². The maximum atomic E-state index is 5.74. The standard InChI is InChI=1S/C16H21N3O/c1-10(2)20-14-8-6-7-13(9-14)15-11(3)16(17-5)19-12(4)18-15/h6-10H,1-5H3,(H,17,18,19). The van der Waals surface area contributed by atoms with Crippen molar-refractivity contribution in [3.05, 3.63) is 35.7 Å². The molecule has 1 aromatic carbocycles. The van der Waals surface area contributed by atoms with Gasteiger partial charge in [-0.2, -0.15) is 0 Å². The molecule has 1 heterocycles. The van der Waals surface area contributed by atoms with E-state index in [0.717, 1.165) is 34.2 Å². The molecular weight excluding hydrogens is 250 g/mol. The lowest BCUT2D eigenvalue weighted by Gasteiger charge is -2.13. The fraction of sp³-hybridized carbons (Fsp3) is 0.375. The fourth-order valence-corrected chi connectivity index (χ4v) is 2.14. The molecule has 20 heavy (non-hydrogen) atoms. The molecule has 0 amide bonds. The maximum absolute atomic E-state index is 5.74. The number of benzene rings is 1. The first-order chi connectivity index (χ1) is 9.51. The number of nitrogens with zero attached hydrogens (tertiary/aromatic N) is 2. The van der Waals surface area contributed by atoms with E-state index in [1.165, 1.54) is 0 Å².